The molecule has 0 saturated carbocycles. The van der Waals surface area contributed by atoms with Crippen LogP contribution in [0.25, 0.3) is 0 Å². The van der Waals surface area contributed by atoms with E-state index in [4.69, 9.17) is 0 Å². The minimum Gasteiger partial charge on any atom is -0.229 e. The van der Waals surface area contributed by atoms with Crippen molar-refractivity contribution >= 4 is 19.9 Å². The molecule has 1 unspecified atom stereocenters. The average molecular weight is 361 g/mol. The SMILES string of the molecule is O=S1(=O)CCC(NS(=O)(=O)c2ccc(F)c(C(F)(F)F)c2)C1. The molecule has 1 aliphatic heterocycles. The highest BCUT2D eigenvalue weighted by Crippen LogP contribution is 2.32. The van der Waals surface area contributed by atoms with E-state index in [9.17, 15) is 34.4 Å². The Balaban J connectivity index is 2.31. The van der Waals surface area contributed by atoms with Gasteiger partial charge in [0.1, 0.15) is 5.82 Å². The maximum absolute atomic E-state index is 13.1. The van der Waals surface area contributed by atoms with Crippen LogP contribution in [0.3, 0.4) is 0 Å². The lowest BCUT2D eigenvalue weighted by Gasteiger charge is -2.14. The quantitative estimate of drug-likeness (QED) is 0.824. The summed E-state index contributed by atoms with van der Waals surface area (Å²) in [6.45, 7) is 0. The van der Waals surface area contributed by atoms with E-state index in [1.807, 2.05) is 4.72 Å². The van der Waals surface area contributed by atoms with Gasteiger partial charge in [0.05, 0.1) is 22.0 Å². The maximum atomic E-state index is 13.1. The first-order valence-corrected chi connectivity index (χ1v) is 9.31. The lowest BCUT2D eigenvalue weighted by atomic mass is 10.2. The number of hydrogen-bond donors (Lipinski definition) is 1. The summed E-state index contributed by atoms with van der Waals surface area (Å²) in [4.78, 5) is -0.773. The molecular formula is C11H11F4NO4S2. The molecule has 1 aromatic rings. The Hall–Kier alpha value is -1.20. The lowest BCUT2D eigenvalue weighted by molar-refractivity contribution is -0.140. The molecule has 22 heavy (non-hydrogen) atoms. The van der Waals surface area contributed by atoms with Gasteiger partial charge in [0.25, 0.3) is 0 Å². The minimum absolute atomic E-state index is 0.0366. The van der Waals surface area contributed by atoms with Crippen molar-refractivity contribution in [1.82, 2.24) is 4.72 Å². The van der Waals surface area contributed by atoms with E-state index in [1.165, 1.54) is 0 Å². The van der Waals surface area contributed by atoms with Crippen LogP contribution < -0.4 is 4.72 Å². The standard InChI is InChI=1S/C11H11F4NO4S2/c12-10-2-1-8(5-9(10)11(13,14)15)22(19,20)16-7-3-4-21(17,18)6-7/h1-2,5,7,16H,3-4,6H2. The molecule has 1 fully saturated rings. The normalized spacial score (nSPS) is 21.9. The molecule has 124 valence electrons. The van der Waals surface area contributed by atoms with E-state index in [-0.39, 0.29) is 18.2 Å². The molecule has 0 amide bonds. The molecule has 0 aliphatic carbocycles. The van der Waals surface area contributed by atoms with Crippen molar-refractivity contribution in [3.8, 4) is 0 Å². The molecule has 0 bridgehead atoms. The first-order valence-electron chi connectivity index (χ1n) is 6.00. The molecule has 0 aromatic heterocycles. The molecule has 0 radical (unpaired) electrons. The first kappa shape index (κ1) is 17.2. The molecule has 1 saturated heterocycles. The fourth-order valence-electron chi connectivity index (χ4n) is 2.06. The summed E-state index contributed by atoms with van der Waals surface area (Å²) in [5.41, 5.74) is -1.70. The van der Waals surface area contributed by atoms with Gasteiger partial charge in [-0.15, -0.1) is 0 Å². The van der Waals surface area contributed by atoms with Gasteiger partial charge >= 0.3 is 6.18 Å². The molecule has 5 nitrogen and oxygen atoms in total. The zero-order valence-corrected chi connectivity index (χ0v) is 12.5. The number of nitrogens with one attached hydrogen (secondary N) is 1. The Morgan fingerprint density at radius 2 is 1.86 bits per heavy atom. The fourth-order valence-corrected chi connectivity index (χ4v) is 5.14. The Bertz CT molecular complexity index is 787. The molecule has 2 rings (SSSR count). The Morgan fingerprint density at radius 1 is 1.23 bits per heavy atom. The second kappa shape index (κ2) is 5.46. The van der Waals surface area contributed by atoms with E-state index in [0.717, 1.165) is 0 Å². The van der Waals surface area contributed by atoms with Gasteiger partial charge in [0.15, 0.2) is 9.84 Å². The number of rotatable bonds is 3. The number of hydrogen-bond acceptors (Lipinski definition) is 4. The Morgan fingerprint density at radius 3 is 2.36 bits per heavy atom. The van der Waals surface area contributed by atoms with Gasteiger partial charge in [-0.1, -0.05) is 0 Å². The summed E-state index contributed by atoms with van der Waals surface area (Å²) >= 11 is 0. The summed E-state index contributed by atoms with van der Waals surface area (Å²) in [6.07, 6.45) is -5.00. The maximum Gasteiger partial charge on any atom is 0.419 e. The zero-order chi connectivity index (χ0) is 16.8. The van der Waals surface area contributed by atoms with E-state index < -0.39 is 54.1 Å². The van der Waals surface area contributed by atoms with Crippen LogP contribution in [0.4, 0.5) is 17.6 Å². The van der Waals surface area contributed by atoms with Crippen molar-refractivity contribution in [3.05, 3.63) is 29.6 Å². The first-order chi connectivity index (χ1) is 9.91. The fraction of sp³-hybridized carbons (Fsp3) is 0.455. The number of halogens is 4. The van der Waals surface area contributed by atoms with Crippen molar-refractivity contribution in [2.24, 2.45) is 0 Å². The monoisotopic (exact) mass is 361 g/mol. The predicted octanol–water partition coefficient (Wildman–Crippen LogP) is 1.31. The van der Waals surface area contributed by atoms with Crippen molar-refractivity contribution in [1.29, 1.82) is 0 Å². The average Bonchev–Trinajstić information content (AvgIpc) is 2.66. The van der Waals surface area contributed by atoms with Crippen molar-refractivity contribution in [2.75, 3.05) is 11.5 Å². The summed E-state index contributed by atoms with van der Waals surface area (Å²) in [5.74, 6) is -2.20. The van der Waals surface area contributed by atoms with Crippen molar-refractivity contribution in [3.63, 3.8) is 0 Å². The van der Waals surface area contributed by atoms with Gasteiger partial charge in [0, 0.05) is 6.04 Å². The van der Waals surface area contributed by atoms with Crippen LogP contribution in [0, 0.1) is 5.82 Å². The van der Waals surface area contributed by atoms with Crippen LogP contribution in [0.5, 0.6) is 0 Å². The molecular weight excluding hydrogens is 350 g/mol. The zero-order valence-electron chi connectivity index (χ0n) is 10.9. The number of benzene rings is 1. The summed E-state index contributed by atoms with van der Waals surface area (Å²) in [5, 5.41) is 0. The van der Waals surface area contributed by atoms with Gasteiger partial charge in [-0.25, -0.2) is 25.9 Å². The molecule has 1 aromatic carbocycles. The Kier molecular flexibility index (Phi) is 4.26. The molecule has 11 heteroatoms. The highest BCUT2D eigenvalue weighted by molar-refractivity contribution is 7.92. The summed E-state index contributed by atoms with van der Waals surface area (Å²) < 4.78 is 99.4. The van der Waals surface area contributed by atoms with Crippen LogP contribution in [0.15, 0.2) is 23.1 Å². The topological polar surface area (TPSA) is 80.3 Å². The van der Waals surface area contributed by atoms with Crippen LogP contribution in [0.2, 0.25) is 0 Å². The van der Waals surface area contributed by atoms with Crippen LogP contribution in [-0.4, -0.2) is 34.4 Å². The van der Waals surface area contributed by atoms with Crippen molar-refractivity contribution in [2.45, 2.75) is 23.5 Å². The van der Waals surface area contributed by atoms with Gasteiger partial charge < -0.3 is 0 Å². The lowest BCUT2D eigenvalue weighted by Crippen LogP contribution is -2.35. The van der Waals surface area contributed by atoms with Gasteiger partial charge in [-0.3, -0.25) is 0 Å². The largest absolute Gasteiger partial charge is 0.419 e. The molecule has 1 heterocycles. The predicted molar refractivity (Wildman–Crippen MR) is 68.8 cm³/mol. The smallest absolute Gasteiger partial charge is 0.229 e. The number of sulfonamides is 1. The van der Waals surface area contributed by atoms with Crippen LogP contribution in [0.1, 0.15) is 12.0 Å². The number of alkyl halides is 3. The van der Waals surface area contributed by atoms with E-state index in [1.54, 1.807) is 0 Å². The third-order valence-corrected chi connectivity index (χ3v) is 6.39. The summed E-state index contributed by atoms with van der Waals surface area (Å²) in [6, 6.07) is 0.370. The van der Waals surface area contributed by atoms with Crippen LogP contribution >= 0.6 is 0 Å². The van der Waals surface area contributed by atoms with E-state index >= 15 is 0 Å². The second-order valence-corrected chi connectivity index (χ2v) is 8.80. The minimum atomic E-state index is -5.04. The van der Waals surface area contributed by atoms with Crippen molar-refractivity contribution < 1.29 is 34.4 Å². The molecule has 1 N–H and O–H groups in total. The summed E-state index contributed by atoms with van der Waals surface area (Å²) in [7, 11) is -7.73. The highest BCUT2D eigenvalue weighted by Gasteiger charge is 2.36. The molecule has 1 aliphatic rings. The van der Waals surface area contributed by atoms with Gasteiger partial charge in [-0.05, 0) is 24.6 Å². The third kappa shape index (κ3) is 3.76. The van der Waals surface area contributed by atoms with E-state index in [2.05, 4.69) is 0 Å². The van der Waals surface area contributed by atoms with Gasteiger partial charge in [0.2, 0.25) is 10.0 Å². The highest BCUT2D eigenvalue weighted by atomic mass is 32.2. The Labute approximate surface area is 124 Å². The third-order valence-electron chi connectivity index (χ3n) is 3.11. The van der Waals surface area contributed by atoms with Crippen LogP contribution in [-0.2, 0) is 26.0 Å². The van der Waals surface area contributed by atoms with E-state index in [0.29, 0.717) is 12.1 Å². The van der Waals surface area contributed by atoms with Gasteiger partial charge in [-0.2, -0.15) is 13.2 Å². The molecule has 1 atom stereocenters. The molecule has 0 spiro atoms. The number of sulfone groups is 1. The second-order valence-electron chi connectivity index (χ2n) is 4.86.